The van der Waals surface area contributed by atoms with Crippen LogP contribution in [0.5, 0.6) is 17.2 Å². The van der Waals surface area contributed by atoms with Gasteiger partial charge in [0, 0.05) is 24.1 Å². The van der Waals surface area contributed by atoms with Gasteiger partial charge in [-0.05, 0) is 30.7 Å². The van der Waals surface area contributed by atoms with Crippen molar-refractivity contribution < 1.29 is 31.8 Å². The number of hydrogen-bond acceptors (Lipinski definition) is 6. The van der Waals surface area contributed by atoms with E-state index in [0.717, 1.165) is 6.07 Å². The molecule has 2 aromatic carbocycles. The van der Waals surface area contributed by atoms with Gasteiger partial charge in [0.25, 0.3) is 5.91 Å². The lowest BCUT2D eigenvalue weighted by Gasteiger charge is -2.27. The summed E-state index contributed by atoms with van der Waals surface area (Å²) in [4.78, 5) is 12.4. The minimum Gasteiger partial charge on any atom is -0.496 e. The molecule has 3 N–H and O–H groups in total. The smallest absolute Gasteiger partial charge is 0.255 e. The first kappa shape index (κ1) is 20.9. The molecule has 1 aliphatic heterocycles. The van der Waals surface area contributed by atoms with Gasteiger partial charge in [-0.25, -0.2) is 17.9 Å². The molecular weight excluding hydrogens is 403 g/mol. The first-order chi connectivity index (χ1) is 13.7. The van der Waals surface area contributed by atoms with Crippen LogP contribution in [-0.2, 0) is 10.0 Å². The fourth-order valence-electron chi connectivity index (χ4n) is 3.23. The molecule has 3 rings (SSSR count). The average Bonchev–Trinajstić information content (AvgIpc) is 2.70. The molecule has 1 aliphatic rings. The Morgan fingerprint density at radius 1 is 1.24 bits per heavy atom. The maximum absolute atomic E-state index is 13.5. The van der Waals surface area contributed by atoms with Crippen molar-refractivity contribution >= 4 is 15.9 Å². The predicted octanol–water partition coefficient (Wildman–Crippen LogP) is 1.79. The summed E-state index contributed by atoms with van der Waals surface area (Å²) in [5.74, 6) is -0.499. The summed E-state index contributed by atoms with van der Waals surface area (Å²) in [5, 5.41) is 8.03. The van der Waals surface area contributed by atoms with Crippen LogP contribution in [0.1, 0.15) is 28.3 Å². The predicted molar refractivity (Wildman–Crippen MR) is 103 cm³/mol. The molecule has 0 radical (unpaired) electrons. The Kier molecular flexibility index (Phi) is 5.94. The molecule has 1 heterocycles. The van der Waals surface area contributed by atoms with Crippen LogP contribution in [0.2, 0.25) is 0 Å². The second-order valence-electron chi connectivity index (χ2n) is 6.47. The number of carbonyl (C=O) groups is 1. The van der Waals surface area contributed by atoms with Crippen LogP contribution in [0.15, 0.2) is 35.2 Å². The standard InChI is InChI=1S/C19H21FN2O6S/c1-26-15-4-3-12(20)7-14(15)19(23)22-10-11-5-6-28-16-9-17(27-2)18(8-13(11)16)29(21,24)25/h3-4,7-9,11H,5-6,10H2,1-2H3,(H,22,23)(H2,21,24,25). The quantitative estimate of drug-likeness (QED) is 0.730. The Hall–Kier alpha value is -2.85. The minimum atomic E-state index is -4.02. The normalized spacial score (nSPS) is 15.8. The number of benzene rings is 2. The lowest BCUT2D eigenvalue weighted by atomic mass is 9.92. The summed E-state index contributed by atoms with van der Waals surface area (Å²) in [5.41, 5.74) is 0.660. The van der Waals surface area contributed by atoms with Gasteiger partial charge >= 0.3 is 0 Å². The van der Waals surface area contributed by atoms with Crippen molar-refractivity contribution in [3.63, 3.8) is 0 Å². The van der Waals surface area contributed by atoms with E-state index in [1.807, 2.05) is 0 Å². The van der Waals surface area contributed by atoms with Gasteiger partial charge in [-0.2, -0.15) is 0 Å². The zero-order chi connectivity index (χ0) is 21.2. The highest BCUT2D eigenvalue weighted by Crippen LogP contribution is 2.39. The molecule has 0 spiro atoms. The Morgan fingerprint density at radius 2 is 1.97 bits per heavy atom. The first-order valence-corrected chi connectivity index (χ1v) is 10.3. The summed E-state index contributed by atoms with van der Waals surface area (Å²) in [6.07, 6.45) is 0.546. The number of methoxy groups -OCH3 is 2. The van der Waals surface area contributed by atoms with Crippen LogP contribution in [0.4, 0.5) is 4.39 Å². The van der Waals surface area contributed by atoms with Gasteiger partial charge in [-0.3, -0.25) is 4.79 Å². The number of hydrogen-bond donors (Lipinski definition) is 2. The van der Waals surface area contributed by atoms with Crippen molar-refractivity contribution in [3.8, 4) is 17.2 Å². The number of carbonyl (C=O) groups excluding carboxylic acids is 1. The van der Waals surface area contributed by atoms with Gasteiger partial charge in [-0.15, -0.1) is 0 Å². The fraction of sp³-hybridized carbons (Fsp3) is 0.316. The fourth-order valence-corrected chi connectivity index (χ4v) is 3.94. The Bertz CT molecular complexity index is 1040. The molecular formula is C19H21FN2O6S. The van der Waals surface area contributed by atoms with Crippen LogP contribution in [0.3, 0.4) is 0 Å². The Morgan fingerprint density at radius 3 is 2.62 bits per heavy atom. The molecule has 0 aromatic heterocycles. The molecule has 156 valence electrons. The van der Waals surface area contributed by atoms with E-state index in [9.17, 15) is 17.6 Å². The Balaban J connectivity index is 1.86. The molecule has 2 aromatic rings. The van der Waals surface area contributed by atoms with Crippen LogP contribution in [-0.4, -0.2) is 41.7 Å². The molecule has 0 saturated heterocycles. The van der Waals surface area contributed by atoms with E-state index in [1.54, 1.807) is 0 Å². The molecule has 0 saturated carbocycles. The second kappa shape index (κ2) is 8.26. The van der Waals surface area contributed by atoms with Crippen LogP contribution in [0.25, 0.3) is 0 Å². The molecule has 29 heavy (non-hydrogen) atoms. The number of primary sulfonamides is 1. The highest BCUT2D eigenvalue weighted by Gasteiger charge is 2.27. The molecule has 8 nitrogen and oxygen atoms in total. The number of amides is 1. The van der Waals surface area contributed by atoms with E-state index < -0.39 is 21.7 Å². The van der Waals surface area contributed by atoms with Crippen molar-refractivity contribution in [2.75, 3.05) is 27.4 Å². The van der Waals surface area contributed by atoms with Gasteiger partial charge in [0.1, 0.15) is 28.0 Å². The second-order valence-corrected chi connectivity index (χ2v) is 8.00. The summed E-state index contributed by atoms with van der Waals surface area (Å²) < 4.78 is 53.1. The lowest BCUT2D eigenvalue weighted by molar-refractivity contribution is 0.0944. The van der Waals surface area contributed by atoms with E-state index in [4.69, 9.17) is 19.3 Å². The molecule has 0 fully saturated rings. The Labute approximate surface area is 167 Å². The number of nitrogens with two attached hydrogens (primary N) is 1. The van der Waals surface area contributed by atoms with Crippen molar-refractivity contribution in [2.24, 2.45) is 5.14 Å². The first-order valence-electron chi connectivity index (χ1n) is 8.74. The highest BCUT2D eigenvalue weighted by atomic mass is 32.2. The van der Waals surface area contributed by atoms with Gasteiger partial charge in [-0.1, -0.05) is 0 Å². The minimum absolute atomic E-state index is 0.0692. The largest absolute Gasteiger partial charge is 0.496 e. The number of halogens is 1. The van der Waals surface area contributed by atoms with Crippen molar-refractivity contribution in [3.05, 3.63) is 47.3 Å². The van der Waals surface area contributed by atoms with Crippen molar-refractivity contribution in [1.82, 2.24) is 5.32 Å². The molecule has 1 unspecified atom stereocenters. The number of nitrogens with one attached hydrogen (secondary N) is 1. The summed E-state index contributed by atoms with van der Waals surface area (Å²) in [6, 6.07) is 6.54. The third kappa shape index (κ3) is 4.43. The number of sulfonamides is 1. The van der Waals surface area contributed by atoms with E-state index in [-0.39, 0.29) is 34.4 Å². The van der Waals surface area contributed by atoms with Crippen molar-refractivity contribution in [1.29, 1.82) is 0 Å². The third-order valence-electron chi connectivity index (χ3n) is 4.68. The van der Waals surface area contributed by atoms with E-state index in [0.29, 0.717) is 24.3 Å². The number of ether oxygens (including phenoxy) is 3. The summed E-state index contributed by atoms with van der Waals surface area (Å²) >= 11 is 0. The maximum atomic E-state index is 13.5. The topological polar surface area (TPSA) is 117 Å². The SMILES string of the molecule is COc1ccc(F)cc1C(=O)NCC1CCOc2cc(OC)c(S(N)(=O)=O)cc21. The summed E-state index contributed by atoms with van der Waals surface area (Å²) in [7, 11) is -1.29. The average molecular weight is 424 g/mol. The molecule has 0 bridgehead atoms. The lowest BCUT2D eigenvalue weighted by Crippen LogP contribution is -2.31. The molecule has 1 amide bonds. The summed E-state index contributed by atoms with van der Waals surface area (Å²) in [6.45, 7) is 0.569. The number of fused-ring (bicyclic) bond motifs is 1. The number of rotatable bonds is 6. The monoisotopic (exact) mass is 424 g/mol. The molecule has 0 aliphatic carbocycles. The van der Waals surface area contributed by atoms with Gasteiger partial charge in [0.2, 0.25) is 10.0 Å². The van der Waals surface area contributed by atoms with E-state index >= 15 is 0 Å². The molecule has 10 heteroatoms. The van der Waals surface area contributed by atoms with Crippen LogP contribution >= 0.6 is 0 Å². The zero-order valence-corrected chi connectivity index (χ0v) is 16.7. The van der Waals surface area contributed by atoms with Gasteiger partial charge in [0.05, 0.1) is 26.4 Å². The van der Waals surface area contributed by atoms with Gasteiger partial charge < -0.3 is 19.5 Å². The van der Waals surface area contributed by atoms with Crippen LogP contribution < -0.4 is 24.7 Å². The third-order valence-corrected chi connectivity index (χ3v) is 5.61. The highest BCUT2D eigenvalue weighted by molar-refractivity contribution is 7.89. The van der Waals surface area contributed by atoms with E-state index in [1.165, 1.54) is 38.5 Å². The van der Waals surface area contributed by atoms with Gasteiger partial charge in [0.15, 0.2) is 0 Å². The van der Waals surface area contributed by atoms with Crippen LogP contribution in [0, 0.1) is 5.82 Å². The van der Waals surface area contributed by atoms with Crippen molar-refractivity contribution in [2.45, 2.75) is 17.2 Å². The molecule has 1 atom stereocenters. The zero-order valence-electron chi connectivity index (χ0n) is 15.9. The van der Waals surface area contributed by atoms with E-state index in [2.05, 4.69) is 5.32 Å². The maximum Gasteiger partial charge on any atom is 0.255 e.